The summed E-state index contributed by atoms with van der Waals surface area (Å²) in [6, 6.07) is 3.97. The van der Waals surface area contributed by atoms with Crippen LogP contribution in [0.1, 0.15) is 70.9 Å². The average molecular weight is 318 g/mol. The zero-order valence-corrected chi connectivity index (χ0v) is 15.3. The number of hydrogen-bond donors (Lipinski definition) is 1. The van der Waals surface area contributed by atoms with Crippen molar-refractivity contribution >= 4 is 0 Å². The first-order valence-electron chi connectivity index (χ1n) is 8.77. The predicted molar refractivity (Wildman–Crippen MR) is 92.1 cm³/mol. The minimum Gasteiger partial charge on any atom is -0.508 e. The van der Waals surface area contributed by atoms with Crippen LogP contribution in [0.4, 0.5) is 0 Å². The van der Waals surface area contributed by atoms with Crippen LogP contribution in [-0.4, -0.2) is 18.5 Å². The van der Waals surface area contributed by atoms with Gasteiger partial charge in [-0.25, -0.2) is 0 Å². The summed E-state index contributed by atoms with van der Waals surface area (Å²) in [6.45, 7) is 11.1. The second kappa shape index (κ2) is 5.41. The van der Waals surface area contributed by atoms with Crippen molar-refractivity contribution in [2.75, 3.05) is 7.11 Å². The van der Waals surface area contributed by atoms with Crippen molar-refractivity contribution in [1.82, 2.24) is 0 Å². The summed E-state index contributed by atoms with van der Waals surface area (Å²) in [6.07, 6.45) is 3.26. The van der Waals surface area contributed by atoms with Crippen LogP contribution in [0.3, 0.4) is 0 Å². The molecule has 0 unspecified atom stereocenters. The molecule has 0 saturated heterocycles. The lowest BCUT2D eigenvalue weighted by Crippen LogP contribution is -2.55. The molecule has 0 radical (unpaired) electrons. The van der Waals surface area contributed by atoms with E-state index in [1.807, 2.05) is 12.1 Å². The summed E-state index contributed by atoms with van der Waals surface area (Å²) in [5.74, 6) is 1.82. The molecular formula is C20H30O3. The van der Waals surface area contributed by atoms with Crippen LogP contribution < -0.4 is 4.74 Å². The molecule has 0 spiro atoms. The summed E-state index contributed by atoms with van der Waals surface area (Å²) in [4.78, 5) is 0. The van der Waals surface area contributed by atoms with Gasteiger partial charge in [0.05, 0.1) is 0 Å². The molecule has 1 heterocycles. The van der Waals surface area contributed by atoms with Gasteiger partial charge in [0, 0.05) is 29.6 Å². The first kappa shape index (κ1) is 16.6. The number of aromatic hydroxyl groups is 1. The molecule has 0 aromatic heterocycles. The number of rotatable bonds is 2. The average Bonchev–Trinajstić information content (AvgIpc) is 2.45. The van der Waals surface area contributed by atoms with Crippen LogP contribution in [0.2, 0.25) is 0 Å². The fraction of sp³-hybridized carbons (Fsp3) is 0.700. The normalized spacial score (nSPS) is 32.1. The molecule has 1 aliphatic heterocycles. The Hall–Kier alpha value is -1.22. The molecule has 1 fully saturated rings. The van der Waals surface area contributed by atoms with Gasteiger partial charge < -0.3 is 14.6 Å². The maximum absolute atomic E-state index is 10.5. The lowest BCUT2D eigenvalue weighted by atomic mass is 9.53. The van der Waals surface area contributed by atoms with Crippen LogP contribution in [0.25, 0.3) is 0 Å². The molecule has 1 aromatic rings. The Bertz CT molecular complexity index is 605. The van der Waals surface area contributed by atoms with E-state index in [2.05, 4.69) is 34.6 Å². The Morgan fingerprint density at radius 3 is 2.52 bits per heavy atom. The minimum absolute atomic E-state index is 0.0248. The van der Waals surface area contributed by atoms with Crippen LogP contribution in [0.5, 0.6) is 11.5 Å². The van der Waals surface area contributed by atoms with E-state index < -0.39 is 0 Å². The van der Waals surface area contributed by atoms with Gasteiger partial charge >= 0.3 is 0 Å². The molecule has 2 aliphatic rings. The van der Waals surface area contributed by atoms with Crippen molar-refractivity contribution in [3.63, 3.8) is 0 Å². The summed E-state index contributed by atoms with van der Waals surface area (Å²) < 4.78 is 12.0. The van der Waals surface area contributed by atoms with Crippen molar-refractivity contribution < 1.29 is 14.6 Å². The molecule has 23 heavy (non-hydrogen) atoms. The van der Waals surface area contributed by atoms with Gasteiger partial charge in [-0.3, -0.25) is 0 Å². The number of ether oxygens (including phenoxy) is 2. The van der Waals surface area contributed by atoms with E-state index in [1.165, 1.54) is 12.8 Å². The molecule has 0 amide bonds. The fourth-order valence-electron chi connectivity index (χ4n) is 5.02. The number of methoxy groups -OCH3 is 1. The first-order chi connectivity index (χ1) is 10.7. The van der Waals surface area contributed by atoms with E-state index in [-0.39, 0.29) is 29.0 Å². The largest absolute Gasteiger partial charge is 0.508 e. The Morgan fingerprint density at radius 1 is 1.22 bits per heavy atom. The quantitative estimate of drug-likeness (QED) is 0.837. The highest BCUT2D eigenvalue weighted by Crippen LogP contribution is 2.59. The van der Waals surface area contributed by atoms with E-state index in [9.17, 15) is 5.11 Å². The Labute approximate surface area is 140 Å². The maximum Gasteiger partial charge on any atom is 0.203 e. The fourth-order valence-corrected chi connectivity index (χ4v) is 5.02. The van der Waals surface area contributed by atoms with Crippen molar-refractivity contribution in [2.45, 2.75) is 71.5 Å². The number of hydrogen-bond acceptors (Lipinski definition) is 3. The van der Waals surface area contributed by atoms with Crippen molar-refractivity contribution in [1.29, 1.82) is 0 Å². The van der Waals surface area contributed by atoms with E-state index in [0.29, 0.717) is 5.75 Å². The third-order valence-corrected chi connectivity index (χ3v) is 6.16. The van der Waals surface area contributed by atoms with Crippen molar-refractivity contribution in [2.24, 2.45) is 11.3 Å². The first-order valence-corrected chi connectivity index (χ1v) is 8.77. The van der Waals surface area contributed by atoms with Crippen molar-refractivity contribution in [3.8, 4) is 11.5 Å². The van der Waals surface area contributed by atoms with Crippen LogP contribution in [-0.2, 0) is 10.2 Å². The number of phenolic OH excluding ortho intramolecular Hbond substituents is 1. The van der Waals surface area contributed by atoms with Gasteiger partial charge in [0.15, 0.2) is 0 Å². The van der Waals surface area contributed by atoms with Crippen molar-refractivity contribution in [3.05, 3.63) is 23.3 Å². The number of phenols is 1. The second-order valence-corrected chi connectivity index (χ2v) is 8.52. The number of fused-ring (bicyclic) bond motifs is 3. The predicted octanol–water partition coefficient (Wildman–Crippen LogP) is 4.96. The lowest BCUT2D eigenvalue weighted by molar-refractivity contribution is -0.172. The molecule has 1 saturated carbocycles. The van der Waals surface area contributed by atoms with Crippen LogP contribution in [0, 0.1) is 11.3 Å². The summed E-state index contributed by atoms with van der Waals surface area (Å²) in [7, 11) is 1.74. The van der Waals surface area contributed by atoms with Gasteiger partial charge in [-0.05, 0) is 36.3 Å². The zero-order valence-electron chi connectivity index (χ0n) is 15.3. The zero-order chi connectivity index (χ0) is 17.0. The third-order valence-electron chi connectivity index (χ3n) is 6.16. The minimum atomic E-state index is -0.229. The lowest BCUT2D eigenvalue weighted by Gasteiger charge is -2.56. The van der Waals surface area contributed by atoms with E-state index >= 15 is 0 Å². The molecule has 3 heteroatoms. The SMILES string of the molecule is CO[C@@H]1Oc2cc(C(C)C)c(O)cc2[C@@]2(C)CCCC(C)(C)[C@H]12. The molecular weight excluding hydrogens is 288 g/mol. The molecule has 128 valence electrons. The van der Waals surface area contributed by atoms with Gasteiger partial charge in [-0.15, -0.1) is 0 Å². The van der Waals surface area contributed by atoms with Gasteiger partial charge in [-0.1, -0.05) is 41.0 Å². The highest BCUT2D eigenvalue weighted by Gasteiger charge is 2.55. The molecule has 3 rings (SSSR count). The van der Waals surface area contributed by atoms with Crippen LogP contribution in [0.15, 0.2) is 12.1 Å². The van der Waals surface area contributed by atoms with Gasteiger partial charge in [0.1, 0.15) is 11.5 Å². The smallest absolute Gasteiger partial charge is 0.203 e. The highest BCUT2D eigenvalue weighted by molar-refractivity contribution is 5.52. The summed E-state index contributed by atoms with van der Waals surface area (Å²) in [5, 5.41) is 10.5. The van der Waals surface area contributed by atoms with Gasteiger partial charge in [0.25, 0.3) is 0 Å². The highest BCUT2D eigenvalue weighted by atomic mass is 16.7. The topological polar surface area (TPSA) is 38.7 Å². The maximum atomic E-state index is 10.5. The van der Waals surface area contributed by atoms with Gasteiger partial charge in [-0.2, -0.15) is 0 Å². The standard InChI is InChI=1S/C20H30O3/c1-12(2)13-10-16-14(11-15(13)21)20(5)9-7-8-19(3,4)17(20)18(22-6)23-16/h10-12,17-18,21H,7-9H2,1-6H3/t17-,18+,20+/m0/s1. The molecule has 3 nitrogen and oxygen atoms in total. The molecule has 1 aliphatic carbocycles. The molecule has 3 atom stereocenters. The number of benzene rings is 1. The molecule has 0 bridgehead atoms. The van der Waals surface area contributed by atoms with Gasteiger partial charge in [0.2, 0.25) is 6.29 Å². The summed E-state index contributed by atoms with van der Waals surface area (Å²) in [5.41, 5.74) is 2.21. The van der Waals surface area contributed by atoms with E-state index in [1.54, 1.807) is 7.11 Å². The molecule has 1 N–H and O–H groups in total. The Kier molecular flexibility index (Phi) is 3.91. The summed E-state index contributed by atoms with van der Waals surface area (Å²) >= 11 is 0. The Balaban J connectivity index is 2.18. The van der Waals surface area contributed by atoms with E-state index in [4.69, 9.17) is 9.47 Å². The Morgan fingerprint density at radius 2 is 1.91 bits per heavy atom. The third kappa shape index (κ3) is 2.44. The monoisotopic (exact) mass is 318 g/mol. The van der Waals surface area contributed by atoms with E-state index in [0.717, 1.165) is 23.3 Å². The van der Waals surface area contributed by atoms with Crippen LogP contribution >= 0.6 is 0 Å². The second-order valence-electron chi connectivity index (χ2n) is 8.52. The molecule has 1 aromatic carbocycles.